The number of ether oxygens (including phenoxy) is 2. The summed E-state index contributed by atoms with van der Waals surface area (Å²) in [6.07, 6.45) is 16.2. The third kappa shape index (κ3) is 24.5. The van der Waals surface area contributed by atoms with E-state index in [9.17, 15) is 14.4 Å². The van der Waals surface area contributed by atoms with Gasteiger partial charge in [-0.2, -0.15) is 0 Å². The zero-order valence-electron chi connectivity index (χ0n) is 17.9. The van der Waals surface area contributed by atoms with Crippen LogP contribution in [0.5, 0.6) is 0 Å². The topological polar surface area (TPSA) is 102 Å². The second kappa shape index (κ2) is 22.8. The van der Waals surface area contributed by atoms with Gasteiger partial charge in [-0.1, -0.05) is 64.2 Å². The van der Waals surface area contributed by atoms with E-state index < -0.39 is 5.97 Å². The predicted molar refractivity (Wildman–Crippen MR) is 113 cm³/mol. The van der Waals surface area contributed by atoms with E-state index in [0.29, 0.717) is 39.2 Å². The number of carbonyl (C=O) groups is 2. The SMILES string of the molecule is O=[C]COCCOCCNC(=O)CCCCCCCCCCCCCCC(=O)O. The molecule has 2 N–H and O–H groups in total. The highest BCUT2D eigenvalue weighted by molar-refractivity contribution is 5.75. The van der Waals surface area contributed by atoms with Gasteiger partial charge in [-0.25, -0.2) is 0 Å². The molecule has 0 atom stereocenters. The van der Waals surface area contributed by atoms with Crippen molar-refractivity contribution in [2.45, 2.75) is 89.9 Å². The lowest BCUT2D eigenvalue weighted by molar-refractivity contribution is -0.137. The number of nitrogens with one attached hydrogen (secondary N) is 1. The minimum atomic E-state index is -0.690. The summed E-state index contributed by atoms with van der Waals surface area (Å²) >= 11 is 0. The first-order chi connectivity index (χ1) is 14.2. The largest absolute Gasteiger partial charge is 0.481 e. The van der Waals surface area contributed by atoms with E-state index >= 15 is 0 Å². The van der Waals surface area contributed by atoms with Gasteiger partial charge in [-0.3, -0.25) is 14.4 Å². The molecule has 29 heavy (non-hydrogen) atoms. The summed E-state index contributed by atoms with van der Waals surface area (Å²) in [5, 5.41) is 11.4. The van der Waals surface area contributed by atoms with E-state index in [0.717, 1.165) is 32.1 Å². The van der Waals surface area contributed by atoms with Crippen LogP contribution in [0.2, 0.25) is 0 Å². The second-order valence-electron chi connectivity index (χ2n) is 7.30. The number of carboxylic acids is 1. The fraction of sp³-hybridized carbons (Fsp3) is 0.864. The first-order valence-electron chi connectivity index (χ1n) is 11.2. The lowest BCUT2D eigenvalue weighted by atomic mass is 10.0. The summed E-state index contributed by atoms with van der Waals surface area (Å²) in [7, 11) is 0. The van der Waals surface area contributed by atoms with Crippen LogP contribution < -0.4 is 5.32 Å². The Morgan fingerprint density at radius 2 is 1.17 bits per heavy atom. The van der Waals surface area contributed by atoms with Gasteiger partial charge < -0.3 is 19.9 Å². The van der Waals surface area contributed by atoms with Crippen molar-refractivity contribution in [2.75, 3.05) is 33.0 Å². The molecule has 0 aromatic carbocycles. The Balaban J connectivity index is 3.15. The van der Waals surface area contributed by atoms with Crippen molar-refractivity contribution in [3.8, 4) is 0 Å². The lowest BCUT2D eigenvalue weighted by Gasteiger charge is -2.06. The summed E-state index contributed by atoms with van der Waals surface area (Å²) in [6.45, 7) is 1.68. The summed E-state index contributed by atoms with van der Waals surface area (Å²) in [6, 6.07) is 0. The molecule has 7 nitrogen and oxygen atoms in total. The Morgan fingerprint density at radius 1 is 0.690 bits per heavy atom. The molecule has 0 bridgehead atoms. The molecule has 0 fully saturated rings. The number of rotatable bonds is 23. The van der Waals surface area contributed by atoms with Crippen molar-refractivity contribution in [1.29, 1.82) is 0 Å². The minimum Gasteiger partial charge on any atom is -0.481 e. The van der Waals surface area contributed by atoms with Crippen LogP contribution >= 0.6 is 0 Å². The van der Waals surface area contributed by atoms with E-state index in [1.165, 1.54) is 44.9 Å². The molecule has 0 aliphatic heterocycles. The number of amides is 1. The Labute approximate surface area is 175 Å². The summed E-state index contributed by atoms with van der Waals surface area (Å²) < 4.78 is 10.2. The predicted octanol–water partition coefficient (Wildman–Crippen LogP) is 3.79. The van der Waals surface area contributed by atoms with Crippen molar-refractivity contribution in [3.63, 3.8) is 0 Å². The Morgan fingerprint density at radius 3 is 1.69 bits per heavy atom. The van der Waals surface area contributed by atoms with Gasteiger partial charge in [-0.15, -0.1) is 0 Å². The summed E-state index contributed by atoms with van der Waals surface area (Å²) in [5.41, 5.74) is 0. The average molecular weight is 415 g/mol. The molecule has 0 rings (SSSR count). The molecule has 0 heterocycles. The first-order valence-corrected chi connectivity index (χ1v) is 11.2. The molecule has 1 radical (unpaired) electrons. The van der Waals surface area contributed by atoms with E-state index in [-0.39, 0.29) is 12.5 Å². The molecule has 0 spiro atoms. The smallest absolute Gasteiger partial charge is 0.303 e. The van der Waals surface area contributed by atoms with Crippen LogP contribution in [-0.4, -0.2) is 56.2 Å². The number of carboxylic acid groups (broad SMARTS) is 1. The van der Waals surface area contributed by atoms with Gasteiger partial charge in [0.05, 0.1) is 19.8 Å². The average Bonchev–Trinajstić information content (AvgIpc) is 2.70. The maximum Gasteiger partial charge on any atom is 0.303 e. The molecule has 0 saturated carbocycles. The molecule has 7 heteroatoms. The molecular formula is C22H40NO6. The monoisotopic (exact) mass is 414 g/mol. The van der Waals surface area contributed by atoms with Crippen LogP contribution in [0.3, 0.4) is 0 Å². The van der Waals surface area contributed by atoms with E-state index in [2.05, 4.69) is 5.32 Å². The van der Waals surface area contributed by atoms with E-state index in [4.69, 9.17) is 14.6 Å². The fourth-order valence-electron chi connectivity index (χ4n) is 3.01. The fourth-order valence-corrected chi connectivity index (χ4v) is 3.01. The summed E-state index contributed by atoms with van der Waals surface area (Å²) in [4.78, 5) is 32.0. The molecular weight excluding hydrogens is 374 g/mol. The van der Waals surface area contributed by atoms with Gasteiger partial charge >= 0.3 is 5.97 Å². The number of unbranched alkanes of at least 4 members (excludes halogenated alkanes) is 11. The van der Waals surface area contributed by atoms with Gasteiger partial charge in [0.2, 0.25) is 12.2 Å². The van der Waals surface area contributed by atoms with Crippen LogP contribution in [0.4, 0.5) is 0 Å². The first kappa shape index (κ1) is 27.5. The van der Waals surface area contributed by atoms with Crippen LogP contribution in [0.15, 0.2) is 0 Å². The van der Waals surface area contributed by atoms with Gasteiger partial charge in [0.1, 0.15) is 6.61 Å². The third-order valence-electron chi connectivity index (χ3n) is 4.65. The van der Waals surface area contributed by atoms with Crippen molar-refractivity contribution >= 4 is 18.2 Å². The zero-order chi connectivity index (χ0) is 21.4. The normalized spacial score (nSPS) is 10.8. The standard InChI is InChI=1S/C22H40NO6/c24-16-18-29-20-19-28-17-15-23-21(25)13-11-9-7-5-3-1-2-4-6-8-10-12-14-22(26)27/h1-15,17-20H2,(H,23,25)(H,26,27). The van der Waals surface area contributed by atoms with Gasteiger partial charge in [0.25, 0.3) is 0 Å². The van der Waals surface area contributed by atoms with Crippen LogP contribution in [0.25, 0.3) is 0 Å². The number of aliphatic carboxylic acids is 1. The Kier molecular flexibility index (Phi) is 21.7. The molecule has 0 aliphatic carbocycles. The highest BCUT2D eigenvalue weighted by Gasteiger charge is 2.01. The molecule has 169 valence electrons. The van der Waals surface area contributed by atoms with E-state index in [1.54, 1.807) is 6.29 Å². The molecule has 0 aliphatic rings. The lowest BCUT2D eigenvalue weighted by Crippen LogP contribution is -2.27. The molecule has 0 saturated heterocycles. The van der Waals surface area contributed by atoms with E-state index in [1.807, 2.05) is 0 Å². The van der Waals surface area contributed by atoms with Crippen molar-refractivity contribution in [2.24, 2.45) is 0 Å². The van der Waals surface area contributed by atoms with Crippen LogP contribution in [0, 0.1) is 0 Å². The maximum atomic E-state index is 11.7. The quantitative estimate of drug-likeness (QED) is 0.247. The number of hydrogen-bond donors (Lipinski definition) is 2. The minimum absolute atomic E-state index is 0.0301. The van der Waals surface area contributed by atoms with Crippen molar-refractivity contribution in [1.82, 2.24) is 5.32 Å². The van der Waals surface area contributed by atoms with Gasteiger partial charge in [0.15, 0.2) is 0 Å². The Hall–Kier alpha value is -1.47. The summed E-state index contributed by atoms with van der Waals surface area (Å²) in [5.74, 6) is -0.617. The number of hydrogen-bond acceptors (Lipinski definition) is 5. The van der Waals surface area contributed by atoms with Crippen LogP contribution in [-0.2, 0) is 23.9 Å². The third-order valence-corrected chi connectivity index (χ3v) is 4.65. The Bertz CT molecular complexity index is 403. The maximum absolute atomic E-state index is 11.7. The van der Waals surface area contributed by atoms with Crippen LogP contribution in [0.1, 0.15) is 89.9 Å². The number of carbonyl (C=O) groups excluding carboxylic acids is 2. The van der Waals surface area contributed by atoms with Gasteiger partial charge in [0, 0.05) is 19.4 Å². The second-order valence-corrected chi connectivity index (χ2v) is 7.30. The highest BCUT2D eigenvalue weighted by atomic mass is 16.5. The van der Waals surface area contributed by atoms with Crippen molar-refractivity contribution in [3.05, 3.63) is 0 Å². The molecule has 0 aromatic rings. The highest BCUT2D eigenvalue weighted by Crippen LogP contribution is 2.13. The van der Waals surface area contributed by atoms with Gasteiger partial charge in [-0.05, 0) is 12.8 Å². The zero-order valence-corrected chi connectivity index (χ0v) is 17.9. The van der Waals surface area contributed by atoms with Crippen molar-refractivity contribution < 1.29 is 29.0 Å². The molecule has 1 amide bonds. The molecule has 0 unspecified atom stereocenters. The molecule has 0 aromatic heterocycles.